The molecule has 0 spiro atoms. The molecule has 0 unspecified atom stereocenters. The van der Waals surface area contributed by atoms with Gasteiger partial charge in [-0.3, -0.25) is 4.79 Å². The van der Waals surface area contributed by atoms with Crippen molar-refractivity contribution in [3.8, 4) is 80.5 Å². The zero-order chi connectivity index (χ0) is 83.7. The van der Waals surface area contributed by atoms with Crippen molar-refractivity contribution in [2.45, 2.75) is 106 Å². The van der Waals surface area contributed by atoms with Gasteiger partial charge in [-0.15, -0.1) is 0 Å². The molecule has 0 bridgehead atoms. The van der Waals surface area contributed by atoms with Gasteiger partial charge in [0.15, 0.2) is 0 Å². The summed E-state index contributed by atoms with van der Waals surface area (Å²) in [5.41, 5.74) is 13.5. The molecule has 0 amide bonds. The van der Waals surface area contributed by atoms with E-state index in [1.54, 1.807) is 0 Å². The van der Waals surface area contributed by atoms with Crippen LogP contribution in [0.1, 0.15) is 90.4 Å². The number of rotatable bonds is 44. The molecule has 0 N–H and O–H groups in total. The summed E-state index contributed by atoms with van der Waals surface area (Å²) < 4.78 is 97.6. The SMILES string of the molecule is CC(=O)OCc1cc(OCc2cc(COc3cc(OCc4ccccc4)cc(OCc4ccccc4)c3)cc(OCc3cc(OCc4ccccc4)cc(OCc4ccccc4)c3)c2)cc(OCc2cc(OCc3cc(OCc4ccccc4)cc(OCc4ccccc4)c3)cc(OCc3cc(OCc4ccccc4)cc(OCc4ccccc4)c3)c2)c1. The number of benzene rings is 15. The van der Waals surface area contributed by atoms with E-state index in [0.717, 1.165) is 72.3 Å². The average molecular weight is 1640 g/mol. The molecule has 15 aromatic rings. The van der Waals surface area contributed by atoms with Crippen molar-refractivity contribution in [3.05, 3.63) is 454 Å². The third kappa shape index (κ3) is 27.3. The van der Waals surface area contributed by atoms with Gasteiger partial charge in [-0.1, -0.05) is 243 Å². The van der Waals surface area contributed by atoms with E-state index < -0.39 is 5.97 Å². The quantitative estimate of drug-likeness (QED) is 0.0332. The van der Waals surface area contributed by atoms with Gasteiger partial charge in [0.05, 0.1) is 0 Å². The Balaban J connectivity index is 0.713. The van der Waals surface area contributed by atoms with Crippen molar-refractivity contribution < 1.29 is 75.8 Å². The van der Waals surface area contributed by atoms with E-state index >= 15 is 0 Å². The summed E-state index contributed by atoms with van der Waals surface area (Å²) >= 11 is 0. The van der Waals surface area contributed by atoms with Gasteiger partial charge in [-0.05, 0) is 162 Å². The highest BCUT2D eigenvalue weighted by atomic mass is 16.5. The zero-order valence-electron chi connectivity index (χ0n) is 68.4. The van der Waals surface area contributed by atoms with Crippen molar-refractivity contribution >= 4 is 5.97 Å². The standard InChI is InChI=1S/C107H94O16/c1-78(108)109-71-89-45-101(119-72-87-42-88(73-123-107-61-105(116-69-85-38-22-8-23-39-85)60-106(62-107)117-70-86-40-24-9-25-41-86)44-94(43-87)118-74-90-47-95(110-63-79-26-10-2-11-27-79)55-96(48-90)111-64-80-28-12-3-13-29-80)58-102(46-89)120-77-93-53-103(121-75-91-49-97(112-65-81-30-14-4-15-31-81)56-98(50-91)113-66-82-32-16-5-17-33-82)59-104(54-93)122-76-92-51-99(114-67-83-34-18-6-19-35-83)57-100(52-92)115-68-84-36-20-7-21-37-84/h2-62H,63-77H2,1H3. The van der Waals surface area contributed by atoms with Crippen LogP contribution in [0, 0.1) is 0 Å². The lowest BCUT2D eigenvalue weighted by Crippen LogP contribution is -2.05. The Morgan fingerprint density at radius 2 is 0.260 bits per heavy atom. The largest absolute Gasteiger partial charge is 0.489 e. The first-order chi connectivity index (χ1) is 60.6. The van der Waals surface area contributed by atoms with Crippen molar-refractivity contribution in [2.24, 2.45) is 0 Å². The number of hydrogen-bond acceptors (Lipinski definition) is 16. The summed E-state index contributed by atoms with van der Waals surface area (Å²) in [7, 11) is 0. The fourth-order valence-electron chi connectivity index (χ4n) is 13.3. The Labute approximate surface area is 717 Å². The van der Waals surface area contributed by atoms with E-state index in [1.807, 2.05) is 370 Å². The number of carbonyl (C=O) groups excluding carboxylic acids is 1. The van der Waals surface area contributed by atoms with Crippen LogP contribution in [-0.2, 0) is 109 Å². The van der Waals surface area contributed by atoms with Gasteiger partial charge in [0.2, 0.25) is 0 Å². The molecule has 0 saturated heterocycles. The lowest BCUT2D eigenvalue weighted by Gasteiger charge is -2.17. The molecule has 0 aliphatic rings. The van der Waals surface area contributed by atoms with Crippen molar-refractivity contribution in [1.29, 1.82) is 0 Å². The van der Waals surface area contributed by atoms with Gasteiger partial charge >= 0.3 is 5.97 Å². The minimum Gasteiger partial charge on any atom is -0.489 e. The highest BCUT2D eigenvalue weighted by Gasteiger charge is 2.17. The second-order valence-corrected chi connectivity index (χ2v) is 29.4. The normalized spacial score (nSPS) is 10.8. The average Bonchev–Trinajstić information content (AvgIpc) is 0.799. The maximum atomic E-state index is 12.5. The molecular weight excluding hydrogens is 1540 g/mol. The Kier molecular flexibility index (Phi) is 29.4. The Morgan fingerprint density at radius 1 is 0.146 bits per heavy atom. The fraction of sp³-hybridized carbons (Fsp3) is 0.150. The summed E-state index contributed by atoms with van der Waals surface area (Å²) in [6.07, 6.45) is 0. The molecule has 0 aliphatic heterocycles. The van der Waals surface area contributed by atoms with Crippen molar-refractivity contribution in [1.82, 2.24) is 0 Å². The maximum absolute atomic E-state index is 12.5. The molecule has 0 heterocycles. The van der Waals surface area contributed by atoms with Crippen LogP contribution in [0.2, 0.25) is 0 Å². The van der Waals surface area contributed by atoms with Crippen LogP contribution >= 0.6 is 0 Å². The van der Waals surface area contributed by atoms with E-state index in [0.29, 0.717) is 144 Å². The predicted octanol–water partition coefficient (Wildman–Crippen LogP) is 23.9. The molecular formula is C107H94O16. The molecule has 0 saturated carbocycles. The maximum Gasteiger partial charge on any atom is 0.302 e. The molecule has 16 nitrogen and oxygen atoms in total. The molecule has 123 heavy (non-hydrogen) atoms. The van der Waals surface area contributed by atoms with Gasteiger partial charge in [0.25, 0.3) is 0 Å². The van der Waals surface area contributed by atoms with E-state index in [-0.39, 0.29) is 46.2 Å². The Bertz CT molecular complexity index is 4900. The van der Waals surface area contributed by atoms with Gasteiger partial charge < -0.3 is 71.1 Å². The molecule has 0 fully saturated rings. The van der Waals surface area contributed by atoms with E-state index in [4.69, 9.17) is 71.1 Å². The lowest BCUT2D eigenvalue weighted by atomic mass is 10.1. The van der Waals surface area contributed by atoms with Crippen LogP contribution in [0.5, 0.6) is 80.5 Å². The van der Waals surface area contributed by atoms with E-state index in [9.17, 15) is 4.79 Å². The van der Waals surface area contributed by atoms with E-state index in [2.05, 4.69) is 0 Å². The van der Waals surface area contributed by atoms with Gasteiger partial charge in [0.1, 0.15) is 180 Å². The minimum atomic E-state index is -0.450. The van der Waals surface area contributed by atoms with Crippen LogP contribution < -0.4 is 66.3 Å². The number of hydrogen-bond donors (Lipinski definition) is 0. The van der Waals surface area contributed by atoms with Crippen LogP contribution in [-0.4, -0.2) is 5.97 Å². The first-order valence-electron chi connectivity index (χ1n) is 40.8. The molecule has 15 rings (SSSR count). The molecule has 618 valence electrons. The van der Waals surface area contributed by atoms with Crippen LogP contribution in [0.15, 0.2) is 370 Å². The highest BCUT2D eigenvalue weighted by molar-refractivity contribution is 5.66. The second-order valence-electron chi connectivity index (χ2n) is 29.4. The topological polar surface area (TPSA) is 156 Å². The summed E-state index contributed by atoms with van der Waals surface area (Å²) in [4.78, 5) is 12.5. The summed E-state index contributed by atoms with van der Waals surface area (Å²) in [6, 6.07) is 120. The van der Waals surface area contributed by atoms with Gasteiger partial charge in [-0.25, -0.2) is 0 Å². The third-order valence-corrected chi connectivity index (χ3v) is 19.4. The third-order valence-electron chi connectivity index (χ3n) is 19.4. The molecule has 0 atom stereocenters. The van der Waals surface area contributed by atoms with Crippen LogP contribution in [0.4, 0.5) is 0 Å². The Hall–Kier alpha value is -15.0. The second kappa shape index (κ2) is 43.6. The smallest absolute Gasteiger partial charge is 0.302 e. The molecule has 16 heteroatoms. The van der Waals surface area contributed by atoms with Crippen molar-refractivity contribution in [2.75, 3.05) is 0 Å². The molecule has 0 radical (unpaired) electrons. The summed E-state index contributed by atoms with van der Waals surface area (Å²) in [5.74, 6) is 7.39. The van der Waals surface area contributed by atoms with Gasteiger partial charge in [0, 0.05) is 55.5 Å². The molecule has 15 aromatic carbocycles. The lowest BCUT2D eigenvalue weighted by molar-refractivity contribution is -0.142. The molecule has 0 aromatic heterocycles. The van der Waals surface area contributed by atoms with E-state index in [1.165, 1.54) is 6.92 Å². The van der Waals surface area contributed by atoms with Crippen LogP contribution in [0.3, 0.4) is 0 Å². The summed E-state index contributed by atoms with van der Waals surface area (Å²) in [6.45, 7) is 4.75. The molecule has 0 aliphatic carbocycles. The first-order valence-corrected chi connectivity index (χ1v) is 40.8. The van der Waals surface area contributed by atoms with Crippen molar-refractivity contribution in [3.63, 3.8) is 0 Å². The Morgan fingerprint density at radius 3 is 0.407 bits per heavy atom. The number of ether oxygens (including phenoxy) is 15. The van der Waals surface area contributed by atoms with Crippen LogP contribution in [0.25, 0.3) is 0 Å². The minimum absolute atomic E-state index is 0.0404. The predicted molar refractivity (Wildman–Crippen MR) is 473 cm³/mol. The fourth-order valence-corrected chi connectivity index (χ4v) is 13.3. The van der Waals surface area contributed by atoms with Gasteiger partial charge in [-0.2, -0.15) is 0 Å². The number of carbonyl (C=O) groups is 1. The number of esters is 1. The summed E-state index contributed by atoms with van der Waals surface area (Å²) in [5, 5.41) is 0. The highest BCUT2D eigenvalue weighted by Crippen LogP contribution is 2.36. The zero-order valence-corrected chi connectivity index (χ0v) is 68.4. The monoisotopic (exact) mass is 1630 g/mol. The first kappa shape index (κ1) is 83.0.